The zero-order valence-electron chi connectivity index (χ0n) is 23.0. The Morgan fingerprint density at radius 1 is 0.824 bits per heavy atom. The molecule has 0 heterocycles. The van der Waals surface area contributed by atoms with Crippen LogP contribution in [-0.2, 0) is 9.53 Å². The Morgan fingerprint density at radius 2 is 1.53 bits per heavy atom. The maximum Gasteiger partial charge on any atom is 0.302 e. The number of aliphatic hydroxyl groups is 1. The standard InChI is InChI=1S/C31H50O3/c1-19(2)21-11-16-31(33)18-17-29(7)22(26(21)31)9-10-24-28(6)14-13-25(34-20(3)32)27(4,5)23(28)12-15-30(24,29)8/h21-26,33H,1,9-18H2,2-8H3/t21-,22+,23-,24+,25-,26-,28-,29+,30+,31-/m0/s1. The molecule has 10 atom stereocenters. The summed E-state index contributed by atoms with van der Waals surface area (Å²) in [6.45, 7) is 20.7. The van der Waals surface area contributed by atoms with E-state index in [0.717, 1.165) is 25.7 Å². The highest BCUT2D eigenvalue weighted by Gasteiger charge is 2.71. The molecule has 0 saturated heterocycles. The molecule has 5 saturated carbocycles. The van der Waals surface area contributed by atoms with Crippen LogP contribution in [0.2, 0.25) is 0 Å². The summed E-state index contributed by atoms with van der Waals surface area (Å²) in [5, 5.41) is 11.8. The number of carbonyl (C=O) groups excluding carboxylic acids is 1. The first kappa shape index (κ1) is 24.8. The molecule has 5 rings (SSSR count). The molecule has 5 aliphatic carbocycles. The van der Waals surface area contributed by atoms with Crippen LogP contribution in [-0.4, -0.2) is 22.8 Å². The summed E-state index contributed by atoms with van der Waals surface area (Å²) >= 11 is 0. The number of hydrogen-bond donors (Lipinski definition) is 1. The molecule has 3 heteroatoms. The minimum Gasteiger partial charge on any atom is -0.462 e. The molecule has 1 N–H and O–H groups in total. The van der Waals surface area contributed by atoms with Crippen molar-refractivity contribution >= 4 is 5.97 Å². The van der Waals surface area contributed by atoms with Crippen LogP contribution < -0.4 is 0 Å². The number of fused-ring (bicyclic) bond motifs is 7. The molecular weight excluding hydrogens is 420 g/mol. The molecule has 0 radical (unpaired) electrons. The first-order valence-corrected chi connectivity index (χ1v) is 14.3. The lowest BCUT2D eigenvalue weighted by atomic mass is 9.33. The van der Waals surface area contributed by atoms with E-state index < -0.39 is 5.60 Å². The number of carbonyl (C=O) groups is 1. The molecule has 0 aliphatic heterocycles. The summed E-state index contributed by atoms with van der Waals surface area (Å²) in [5.74, 6) is 2.64. The molecule has 0 aromatic heterocycles. The lowest BCUT2D eigenvalue weighted by Crippen LogP contribution is -2.67. The van der Waals surface area contributed by atoms with E-state index in [1.807, 2.05) is 0 Å². The Hall–Kier alpha value is -0.830. The molecule has 0 aromatic rings. The zero-order chi connectivity index (χ0) is 24.9. The smallest absolute Gasteiger partial charge is 0.302 e. The Kier molecular flexibility index (Phi) is 5.55. The van der Waals surface area contributed by atoms with Crippen LogP contribution in [0.3, 0.4) is 0 Å². The maximum absolute atomic E-state index is 11.9. The molecule has 34 heavy (non-hydrogen) atoms. The number of esters is 1. The van der Waals surface area contributed by atoms with Crippen LogP contribution in [0.25, 0.3) is 0 Å². The molecule has 5 fully saturated rings. The van der Waals surface area contributed by atoms with E-state index in [4.69, 9.17) is 4.74 Å². The second-order valence-corrected chi connectivity index (χ2v) is 14.7. The monoisotopic (exact) mass is 470 g/mol. The summed E-state index contributed by atoms with van der Waals surface area (Å²) in [4.78, 5) is 11.9. The molecule has 3 nitrogen and oxygen atoms in total. The summed E-state index contributed by atoms with van der Waals surface area (Å²) in [6.07, 6.45) is 11.5. The van der Waals surface area contributed by atoms with Crippen LogP contribution in [0.4, 0.5) is 0 Å². The SMILES string of the molecule is C=C(C)[C@@H]1CC[C@]2(O)CC[C@]3(C)[C@H](CC[C@@H]4[C@@]5(C)CC[C@H](OC(C)=O)C(C)(C)[C@@H]5CC[C@]43C)[C@H]12. The van der Waals surface area contributed by atoms with E-state index in [-0.39, 0.29) is 28.3 Å². The Bertz CT molecular complexity index is 876. The van der Waals surface area contributed by atoms with E-state index in [0.29, 0.717) is 35.0 Å². The van der Waals surface area contributed by atoms with E-state index in [9.17, 15) is 9.90 Å². The Morgan fingerprint density at radius 3 is 2.18 bits per heavy atom. The number of hydrogen-bond acceptors (Lipinski definition) is 3. The van der Waals surface area contributed by atoms with E-state index >= 15 is 0 Å². The zero-order valence-corrected chi connectivity index (χ0v) is 23.0. The van der Waals surface area contributed by atoms with Crippen molar-refractivity contribution in [1.82, 2.24) is 0 Å². The molecule has 192 valence electrons. The van der Waals surface area contributed by atoms with Gasteiger partial charge in [-0.05, 0) is 117 Å². The quantitative estimate of drug-likeness (QED) is 0.340. The molecule has 0 aromatic carbocycles. The van der Waals surface area contributed by atoms with Gasteiger partial charge >= 0.3 is 5.97 Å². The van der Waals surface area contributed by atoms with Crippen LogP contribution in [0.15, 0.2) is 12.2 Å². The van der Waals surface area contributed by atoms with Crippen molar-refractivity contribution in [2.24, 2.45) is 51.2 Å². The predicted octanol–water partition coefficient (Wildman–Crippen LogP) is 7.32. The van der Waals surface area contributed by atoms with Crippen molar-refractivity contribution in [3.8, 4) is 0 Å². The average molecular weight is 471 g/mol. The van der Waals surface area contributed by atoms with Crippen molar-refractivity contribution in [2.75, 3.05) is 0 Å². The van der Waals surface area contributed by atoms with Crippen LogP contribution in [0, 0.1) is 51.2 Å². The molecule has 0 spiro atoms. The van der Waals surface area contributed by atoms with Crippen LogP contribution in [0.1, 0.15) is 113 Å². The van der Waals surface area contributed by atoms with Crippen molar-refractivity contribution in [3.05, 3.63) is 12.2 Å². The number of ether oxygens (including phenoxy) is 1. The van der Waals surface area contributed by atoms with Gasteiger partial charge in [0.25, 0.3) is 0 Å². The van der Waals surface area contributed by atoms with E-state index in [1.165, 1.54) is 44.1 Å². The topological polar surface area (TPSA) is 46.5 Å². The van der Waals surface area contributed by atoms with Gasteiger partial charge in [0.15, 0.2) is 0 Å². The summed E-state index contributed by atoms with van der Waals surface area (Å²) in [6, 6.07) is 0. The highest BCUT2D eigenvalue weighted by Crippen LogP contribution is 2.76. The second-order valence-electron chi connectivity index (χ2n) is 14.7. The first-order chi connectivity index (χ1) is 15.7. The number of allylic oxidation sites excluding steroid dienone is 1. The fourth-order valence-electron chi connectivity index (χ4n) is 11.5. The van der Waals surface area contributed by atoms with Crippen molar-refractivity contribution < 1.29 is 14.6 Å². The fraction of sp³-hybridized carbons (Fsp3) is 0.903. The van der Waals surface area contributed by atoms with Crippen molar-refractivity contribution in [1.29, 1.82) is 0 Å². The van der Waals surface area contributed by atoms with Crippen molar-refractivity contribution in [3.63, 3.8) is 0 Å². The Balaban J connectivity index is 1.50. The summed E-state index contributed by atoms with van der Waals surface area (Å²) < 4.78 is 5.89. The predicted molar refractivity (Wildman–Crippen MR) is 137 cm³/mol. The van der Waals surface area contributed by atoms with Gasteiger partial charge in [-0.2, -0.15) is 0 Å². The fourth-order valence-corrected chi connectivity index (χ4v) is 11.5. The number of rotatable bonds is 2. The van der Waals surface area contributed by atoms with Crippen molar-refractivity contribution in [2.45, 2.75) is 124 Å². The molecule has 0 bridgehead atoms. The van der Waals surface area contributed by atoms with Gasteiger partial charge in [0.2, 0.25) is 0 Å². The van der Waals surface area contributed by atoms with E-state index in [2.05, 4.69) is 48.1 Å². The van der Waals surface area contributed by atoms with Gasteiger partial charge in [0.1, 0.15) is 6.10 Å². The van der Waals surface area contributed by atoms with E-state index in [1.54, 1.807) is 6.92 Å². The lowest BCUT2D eigenvalue weighted by molar-refractivity contribution is -0.255. The third-order valence-electron chi connectivity index (χ3n) is 13.3. The van der Waals surface area contributed by atoms with Gasteiger partial charge in [0.05, 0.1) is 5.60 Å². The minimum atomic E-state index is -0.470. The first-order valence-electron chi connectivity index (χ1n) is 14.3. The van der Waals surface area contributed by atoms with Crippen LogP contribution in [0.5, 0.6) is 0 Å². The summed E-state index contributed by atoms with van der Waals surface area (Å²) in [5.41, 5.74) is 1.70. The third kappa shape index (κ3) is 3.07. The van der Waals surface area contributed by atoms with Gasteiger partial charge in [-0.3, -0.25) is 4.79 Å². The lowest BCUT2D eigenvalue weighted by Gasteiger charge is -2.72. The van der Waals surface area contributed by atoms with Gasteiger partial charge in [-0.25, -0.2) is 0 Å². The van der Waals surface area contributed by atoms with Gasteiger partial charge in [-0.15, -0.1) is 0 Å². The third-order valence-corrected chi connectivity index (χ3v) is 13.3. The molecule has 0 amide bonds. The molecule has 0 unspecified atom stereocenters. The highest BCUT2D eigenvalue weighted by atomic mass is 16.5. The molecular formula is C31H50O3. The second kappa shape index (κ2) is 7.59. The Labute approximate surface area is 208 Å². The largest absolute Gasteiger partial charge is 0.462 e. The van der Waals surface area contributed by atoms with Gasteiger partial charge in [0, 0.05) is 12.3 Å². The maximum atomic E-state index is 11.9. The summed E-state index contributed by atoms with van der Waals surface area (Å²) in [7, 11) is 0. The minimum absolute atomic E-state index is 0.0150. The highest BCUT2D eigenvalue weighted by molar-refractivity contribution is 5.66. The molecule has 5 aliphatic rings. The van der Waals surface area contributed by atoms with Crippen LogP contribution >= 0.6 is 0 Å². The van der Waals surface area contributed by atoms with Gasteiger partial charge < -0.3 is 9.84 Å². The normalized spacial score (nSPS) is 53.6. The average Bonchev–Trinajstić information content (AvgIpc) is 3.08. The van der Waals surface area contributed by atoms with Gasteiger partial charge in [-0.1, -0.05) is 46.8 Å².